The third kappa shape index (κ3) is 5.29. The van der Waals surface area contributed by atoms with Gasteiger partial charge in [-0.05, 0) is 42.0 Å². The van der Waals surface area contributed by atoms with Crippen molar-refractivity contribution in [3.05, 3.63) is 53.6 Å². The van der Waals surface area contributed by atoms with Crippen LogP contribution in [0.1, 0.15) is 35.9 Å². The molecular formula is C21H28N2O6S. The van der Waals surface area contributed by atoms with Gasteiger partial charge in [0.1, 0.15) is 0 Å². The highest BCUT2D eigenvalue weighted by Crippen LogP contribution is 2.29. The predicted octanol–water partition coefficient (Wildman–Crippen LogP) is 2.20. The van der Waals surface area contributed by atoms with Gasteiger partial charge in [-0.25, -0.2) is 8.42 Å². The molecule has 30 heavy (non-hydrogen) atoms. The lowest BCUT2D eigenvalue weighted by atomic mass is 10.1. The Morgan fingerprint density at radius 3 is 2.17 bits per heavy atom. The van der Waals surface area contributed by atoms with Gasteiger partial charge in [0.25, 0.3) is 5.91 Å². The minimum absolute atomic E-state index is 0.0200. The van der Waals surface area contributed by atoms with E-state index >= 15 is 0 Å². The van der Waals surface area contributed by atoms with Gasteiger partial charge in [0.2, 0.25) is 10.0 Å². The van der Waals surface area contributed by atoms with Crippen LogP contribution < -0.4 is 14.8 Å². The number of nitrogens with one attached hydrogen (secondary N) is 1. The normalized spacial score (nSPS) is 12.5. The molecule has 0 fully saturated rings. The van der Waals surface area contributed by atoms with E-state index < -0.39 is 22.0 Å². The lowest BCUT2D eigenvalue weighted by Crippen LogP contribution is -2.31. The predicted molar refractivity (Wildman–Crippen MR) is 113 cm³/mol. The second-order valence-electron chi connectivity index (χ2n) is 6.45. The maximum absolute atomic E-state index is 12.5. The first-order chi connectivity index (χ1) is 14.3. The maximum Gasteiger partial charge on any atom is 0.251 e. The molecule has 164 valence electrons. The highest BCUT2D eigenvalue weighted by atomic mass is 32.2. The first-order valence-corrected chi connectivity index (χ1v) is 11.0. The number of carbonyl (C=O) groups is 1. The van der Waals surface area contributed by atoms with Crippen LogP contribution in [0.15, 0.2) is 47.4 Å². The van der Waals surface area contributed by atoms with Crippen molar-refractivity contribution in [3.63, 3.8) is 0 Å². The molecule has 9 heteroatoms. The van der Waals surface area contributed by atoms with E-state index in [4.69, 9.17) is 9.47 Å². The zero-order valence-corrected chi connectivity index (χ0v) is 18.4. The molecule has 0 bridgehead atoms. The number of ether oxygens (including phenoxy) is 2. The van der Waals surface area contributed by atoms with Crippen molar-refractivity contribution in [1.82, 2.24) is 9.62 Å². The van der Waals surface area contributed by atoms with E-state index in [0.29, 0.717) is 35.7 Å². The topological polar surface area (TPSA) is 105 Å². The molecule has 0 radical (unpaired) electrons. The smallest absolute Gasteiger partial charge is 0.251 e. The minimum Gasteiger partial charge on any atom is -0.493 e. The summed E-state index contributed by atoms with van der Waals surface area (Å²) in [6.45, 7) is 4.26. The molecule has 8 nitrogen and oxygen atoms in total. The molecule has 0 spiro atoms. The monoisotopic (exact) mass is 436 g/mol. The van der Waals surface area contributed by atoms with E-state index in [-0.39, 0.29) is 11.4 Å². The Morgan fingerprint density at radius 2 is 1.63 bits per heavy atom. The van der Waals surface area contributed by atoms with Crippen LogP contribution in [-0.2, 0) is 10.0 Å². The average molecular weight is 437 g/mol. The van der Waals surface area contributed by atoms with Crippen molar-refractivity contribution in [2.75, 3.05) is 33.9 Å². The van der Waals surface area contributed by atoms with Gasteiger partial charge in [0.05, 0.1) is 25.2 Å². The number of hydrogen-bond acceptors (Lipinski definition) is 6. The first-order valence-electron chi connectivity index (χ1n) is 9.56. The number of methoxy groups -OCH3 is 2. The number of hydrogen-bond donors (Lipinski definition) is 2. The van der Waals surface area contributed by atoms with Crippen molar-refractivity contribution >= 4 is 15.9 Å². The molecule has 0 heterocycles. The van der Waals surface area contributed by atoms with E-state index in [0.717, 1.165) is 0 Å². The molecule has 1 unspecified atom stereocenters. The molecule has 0 aliphatic heterocycles. The van der Waals surface area contributed by atoms with Crippen LogP contribution >= 0.6 is 0 Å². The summed E-state index contributed by atoms with van der Waals surface area (Å²) in [6, 6.07) is 10.7. The molecule has 0 saturated heterocycles. The van der Waals surface area contributed by atoms with E-state index in [2.05, 4.69) is 5.32 Å². The molecule has 2 rings (SSSR count). The number of rotatable bonds is 10. The van der Waals surface area contributed by atoms with E-state index in [1.807, 2.05) is 0 Å². The number of amides is 1. The number of carbonyl (C=O) groups excluding carboxylic acids is 1. The van der Waals surface area contributed by atoms with Gasteiger partial charge in [-0.1, -0.05) is 19.9 Å². The number of nitrogens with zero attached hydrogens (tertiary/aromatic N) is 1. The first kappa shape index (κ1) is 23.7. The van der Waals surface area contributed by atoms with E-state index in [9.17, 15) is 18.3 Å². The van der Waals surface area contributed by atoms with Crippen LogP contribution in [0.2, 0.25) is 0 Å². The average Bonchev–Trinajstić information content (AvgIpc) is 2.77. The third-order valence-corrected chi connectivity index (χ3v) is 6.77. The Balaban J connectivity index is 2.05. The molecule has 1 atom stereocenters. The summed E-state index contributed by atoms with van der Waals surface area (Å²) in [5.74, 6) is 0.601. The van der Waals surface area contributed by atoms with Crippen LogP contribution in [0.3, 0.4) is 0 Å². The second-order valence-corrected chi connectivity index (χ2v) is 8.39. The highest BCUT2D eigenvalue weighted by Gasteiger charge is 2.22. The molecular weight excluding hydrogens is 408 g/mol. The van der Waals surface area contributed by atoms with Gasteiger partial charge < -0.3 is 19.9 Å². The molecule has 0 aliphatic rings. The van der Waals surface area contributed by atoms with E-state index in [1.54, 1.807) is 32.0 Å². The summed E-state index contributed by atoms with van der Waals surface area (Å²) in [5.41, 5.74) is 0.863. The van der Waals surface area contributed by atoms with Crippen molar-refractivity contribution in [3.8, 4) is 11.5 Å². The maximum atomic E-state index is 12.5. The number of aliphatic hydroxyl groups is 1. The lowest BCUT2D eigenvalue weighted by Gasteiger charge is -2.18. The largest absolute Gasteiger partial charge is 0.493 e. The van der Waals surface area contributed by atoms with Gasteiger partial charge in [-0.3, -0.25) is 4.79 Å². The van der Waals surface area contributed by atoms with Crippen LogP contribution in [0.4, 0.5) is 0 Å². The molecule has 1 amide bonds. The molecule has 0 aliphatic carbocycles. The van der Waals surface area contributed by atoms with Crippen LogP contribution in [0.25, 0.3) is 0 Å². The SMILES string of the molecule is CCN(CC)S(=O)(=O)c1ccc(C(=O)NCC(O)c2ccc(OC)c(OC)c2)cc1. The number of sulfonamides is 1. The Kier molecular flexibility index (Phi) is 8.22. The number of benzene rings is 2. The summed E-state index contributed by atoms with van der Waals surface area (Å²) in [7, 11) is -0.558. The Hall–Kier alpha value is -2.62. The molecule has 2 aromatic carbocycles. The van der Waals surface area contributed by atoms with Gasteiger partial charge in [-0.2, -0.15) is 4.31 Å². The molecule has 0 saturated carbocycles. The van der Waals surface area contributed by atoms with Crippen molar-refractivity contribution in [1.29, 1.82) is 0 Å². The summed E-state index contributed by atoms with van der Waals surface area (Å²) in [5, 5.41) is 13.0. The van der Waals surface area contributed by atoms with Crippen molar-refractivity contribution in [2.24, 2.45) is 0 Å². The quantitative estimate of drug-likeness (QED) is 0.592. The summed E-state index contributed by atoms with van der Waals surface area (Å²) in [4.78, 5) is 12.5. The summed E-state index contributed by atoms with van der Waals surface area (Å²) in [6.07, 6.45) is -0.948. The zero-order chi connectivity index (χ0) is 22.3. The lowest BCUT2D eigenvalue weighted by molar-refractivity contribution is 0.0916. The Labute approximate surface area is 177 Å². The van der Waals surface area contributed by atoms with Crippen molar-refractivity contribution in [2.45, 2.75) is 24.8 Å². The molecule has 2 aromatic rings. The zero-order valence-electron chi connectivity index (χ0n) is 17.6. The van der Waals surface area contributed by atoms with Gasteiger partial charge in [-0.15, -0.1) is 0 Å². The van der Waals surface area contributed by atoms with Crippen LogP contribution in [0, 0.1) is 0 Å². The summed E-state index contributed by atoms with van der Waals surface area (Å²) < 4.78 is 36.8. The minimum atomic E-state index is -3.58. The summed E-state index contributed by atoms with van der Waals surface area (Å²) >= 11 is 0. The highest BCUT2D eigenvalue weighted by molar-refractivity contribution is 7.89. The van der Waals surface area contributed by atoms with E-state index in [1.165, 1.54) is 42.8 Å². The number of aliphatic hydroxyl groups excluding tert-OH is 1. The fraction of sp³-hybridized carbons (Fsp3) is 0.381. The Bertz CT molecular complexity index is 956. The van der Waals surface area contributed by atoms with Crippen LogP contribution in [-0.4, -0.2) is 57.6 Å². The standard InChI is InChI=1S/C21H28N2O6S/c1-5-23(6-2)30(26,27)17-10-7-15(8-11-17)21(25)22-14-18(24)16-9-12-19(28-3)20(13-16)29-4/h7-13,18,24H,5-6,14H2,1-4H3,(H,22,25). The molecule has 2 N–H and O–H groups in total. The third-order valence-electron chi connectivity index (χ3n) is 4.71. The Morgan fingerprint density at radius 1 is 1.03 bits per heavy atom. The van der Waals surface area contributed by atoms with Gasteiger partial charge >= 0.3 is 0 Å². The fourth-order valence-corrected chi connectivity index (χ4v) is 4.42. The van der Waals surface area contributed by atoms with Crippen molar-refractivity contribution < 1.29 is 27.8 Å². The fourth-order valence-electron chi connectivity index (χ4n) is 2.96. The molecule has 0 aromatic heterocycles. The van der Waals surface area contributed by atoms with Crippen LogP contribution in [0.5, 0.6) is 11.5 Å². The second kappa shape index (κ2) is 10.4. The van der Waals surface area contributed by atoms with Gasteiger partial charge in [0.15, 0.2) is 11.5 Å². The van der Waals surface area contributed by atoms with Gasteiger partial charge in [0, 0.05) is 25.2 Å².